The van der Waals surface area contributed by atoms with Crippen LogP contribution in [0.1, 0.15) is 36.1 Å². The summed E-state index contributed by atoms with van der Waals surface area (Å²) in [6.45, 7) is 2.35. The van der Waals surface area contributed by atoms with Crippen molar-refractivity contribution in [2.24, 2.45) is 5.92 Å². The largest absolute Gasteiger partial charge is 0.349 e. The van der Waals surface area contributed by atoms with Crippen LogP contribution in [0, 0.1) is 5.92 Å². The standard InChI is InChI=1S/C25H23N3O2/c1-16(18-6-4-10-26-14-18)27-25(30)20-13-24(29)28(15-20)21-8-9-23-19(12-21)11-17-5-2-3-7-22(17)23/h2-10,12,14,16,20H,11,13,15H2,1H3,(H,27,30)/t16-,20?/m0/s1. The first kappa shape index (κ1) is 18.6. The van der Waals surface area contributed by atoms with Gasteiger partial charge in [-0.25, -0.2) is 0 Å². The Morgan fingerprint density at radius 2 is 1.93 bits per heavy atom. The fourth-order valence-electron chi connectivity index (χ4n) is 4.48. The average Bonchev–Trinajstić information content (AvgIpc) is 3.34. The van der Waals surface area contributed by atoms with Gasteiger partial charge in [-0.3, -0.25) is 14.6 Å². The monoisotopic (exact) mass is 397 g/mol. The Morgan fingerprint density at radius 1 is 1.10 bits per heavy atom. The molecule has 5 heteroatoms. The van der Waals surface area contributed by atoms with E-state index in [0.29, 0.717) is 6.54 Å². The van der Waals surface area contributed by atoms with E-state index in [0.717, 1.165) is 17.7 Å². The van der Waals surface area contributed by atoms with Gasteiger partial charge in [0, 0.05) is 31.0 Å². The lowest BCUT2D eigenvalue weighted by Crippen LogP contribution is -2.34. The van der Waals surface area contributed by atoms with E-state index in [2.05, 4.69) is 46.7 Å². The van der Waals surface area contributed by atoms with Crippen molar-refractivity contribution in [1.29, 1.82) is 0 Å². The molecule has 1 aliphatic carbocycles. The summed E-state index contributed by atoms with van der Waals surface area (Å²) in [5, 5.41) is 3.03. The molecule has 1 saturated heterocycles. The lowest BCUT2D eigenvalue weighted by molar-refractivity contribution is -0.126. The Balaban J connectivity index is 1.30. The number of pyridine rings is 1. The lowest BCUT2D eigenvalue weighted by Gasteiger charge is -2.19. The lowest BCUT2D eigenvalue weighted by atomic mass is 10.1. The van der Waals surface area contributed by atoms with Gasteiger partial charge in [-0.05, 0) is 59.4 Å². The Morgan fingerprint density at radius 3 is 2.77 bits per heavy atom. The number of aromatic nitrogens is 1. The number of nitrogens with zero attached hydrogens (tertiary/aromatic N) is 2. The van der Waals surface area contributed by atoms with Crippen LogP contribution >= 0.6 is 0 Å². The molecule has 2 aromatic carbocycles. The van der Waals surface area contributed by atoms with E-state index in [1.807, 2.05) is 25.1 Å². The zero-order chi connectivity index (χ0) is 20.7. The second-order valence-corrected chi connectivity index (χ2v) is 8.10. The van der Waals surface area contributed by atoms with Crippen LogP contribution in [0.5, 0.6) is 0 Å². The third-order valence-electron chi connectivity index (χ3n) is 6.13. The first-order chi connectivity index (χ1) is 14.6. The molecule has 2 amide bonds. The van der Waals surface area contributed by atoms with E-state index in [1.165, 1.54) is 22.3 Å². The second kappa shape index (κ2) is 7.41. The van der Waals surface area contributed by atoms with Crippen molar-refractivity contribution in [3.05, 3.63) is 83.7 Å². The molecule has 0 bridgehead atoms. The molecule has 1 aliphatic heterocycles. The van der Waals surface area contributed by atoms with Crippen molar-refractivity contribution < 1.29 is 9.59 Å². The Kier molecular flexibility index (Phi) is 4.58. The minimum Gasteiger partial charge on any atom is -0.349 e. The quantitative estimate of drug-likeness (QED) is 0.568. The van der Waals surface area contributed by atoms with Gasteiger partial charge < -0.3 is 10.2 Å². The van der Waals surface area contributed by atoms with Crippen LogP contribution in [0.2, 0.25) is 0 Å². The third kappa shape index (κ3) is 3.26. The molecule has 2 heterocycles. The molecule has 1 fully saturated rings. The number of amides is 2. The van der Waals surface area contributed by atoms with Crippen molar-refractivity contribution >= 4 is 17.5 Å². The Labute approximate surface area is 175 Å². The number of nitrogens with one attached hydrogen (secondary N) is 1. The van der Waals surface area contributed by atoms with Gasteiger partial charge in [0.2, 0.25) is 11.8 Å². The molecule has 3 aromatic rings. The van der Waals surface area contributed by atoms with Crippen LogP contribution in [0.15, 0.2) is 67.0 Å². The molecular weight excluding hydrogens is 374 g/mol. The number of benzene rings is 2. The van der Waals surface area contributed by atoms with Crippen LogP contribution in [0.25, 0.3) is 11.1 Å². The molecule has 1 N–H and O–H groups in total. The number of hydrogen-bond acceptors (Lipinski definition) is 3. The minimum atomic E-state index is -0.345. The van der Waals surface area contributed by atoms with E-state index in [1.54, 1.807) is 17.3 Å². The van der Waals surface area contributed by atoms with Crippen LogP contribution in [0.4, 0.5) is 5.69 Å². The van der Waals surface area contributed by atoms with Gasteiger partial charge in [-0.1, -0.05) is 36.4 Å². The summed E-state index contributed by atoms with van der Waals surface area (Å²) in [6, 6.07) is 18.3. The molecule has 1 aromatic heterocycles. The molecule has 150 valence electrons. The highest BCUT2D eigenvalue weighted by Gasteiger charge is 2.36. The fraction of sp³-hybridized carbons (Fsp3) is 0.240. The van der Waals surface area contributed by atoms with E-state index < -0.39 is 0 Å². The number of hydrogen-bond donors (Lipinski definition) is 1. The van der Waals surface area contributed by atoms with Gasteiger partial charge in [0.25, 0.3) is 0 Å². The topological polar surface area (TPSA) is 62.3 Å². The summed E-state index contributed by atoms with van der Waals surface area (Å²) in [6.07, 6.45) is 4.58. The van der Waals surface area contributed by atoms with Crippen LogP contribution in [-0.4, -0.2) is 23.3 Å². The fourth-order valence-corrected chi connectivity index (χ4v) is 4.48. The van der Waals surface area contributed by atoms with Crippen molar-refractivity contribution in [3.8, 4) is 11.1 Å². The second-order valence-electron chi connectivity index (χ2n) is 8.10. The summed E-state index contributed by atoms with van der Waals surface area (Å²) < 4.78 is 0. The number of rotatable bonds is 4. The number of fused-ring (bicyclic) bond motifs is 3. The Hall–Kier alpha value is -3.47. The molecule has 30 heavy (non-hydrogen) atoms. The van der Waals surface area contributed by atoms with Crippen LogP contribution in [0.3, 0.4) is 0 Å². The smallest absolute Gasteiger partial charge is 0.227 e. The minimum absolute atomic E-state index is 0.000332. The predicted octanol–water partition coefficient (Wildman–Crippen LogP) is 3.88. The van der Waals surface area contributed by atoms with Gasteiger partial charge in [0.1, 0.15) is 0 Å². The maximum absolute atomic E-state index is 12.8. The Bertz CT molecular complexity index is 1130. The molecule has 5 nitrogen and oxygen atoms in total. The maximum Gasteiger partial charge on any atom is 0.227 e. The van der Waals surface area contributed by atoms with Crippen molar-refractivity contribution in [2.75, 3.05) is 11.4 Å². The highest BCUT2D eigenvalue weighted by Crippen LogP contribution is 2.39. The molecule has 0 radical (unpaired) electrons. The summed E-state index contributed by atoms with van der Waals surface area (Å²) in [5.74, 6) is -0.433. The van der Waals surface area contributed by atoms with Gasteiger partial charge >= 0.3 is 0 Å². The van der Waals surface area contributed by atoms with Crippen LogP contribution < -0.4 is 10.2 Å². The van der Waals surface area contributed by atoms with Gasteiger partial charge in [0.05, 0.1) is 12.0 Å². The normalized spacial score (nSPS) is 18.1. The number of anilines is 1. The van der Waals surface area contributed by atoms with E-state index in [-0.39, 0.29) is 30.2 Å². The first-order valence-corrected chi connectivity index (χ1v) is 10.3. The maximum atomic E-state index is 12.8. The summed E-state index contributed by atoms with van der Waals surface area (Å²) in [4.78, 5) is 31.3. The average molecular weight is 397 g/mol. The van der Waals surface area contributed by atoms with E-state index in [9.17, 15) is 9.59 Å². The molecule has 5 rings (SSSR count). The summed E-state index contributed by atoms with van der Waals surface area (Å²) in [5.41, 5.74) is 6.89. The zero-order valence-corrected chi connectivity index (χ0v) is 16.8. The van der Waals surface area contributed by atoms with Crippen molar-refractivity contribution in [1.82, 2.24) is 10.3 Å². The summed E-state index contributed by atoms with van der Waals surface area (Å²) in [7, 11) is 0. The zero-order valence-electron chi connectivity index (χ0n) is 16.8. The number of carbonyl (C=O) groups excluding carboxylic acids is 2. The van der Waals surface area contributed by atoms with E-state index in [4.69, 9.17) is 0 Å². The van der Waals surface area contributed by atoms with E-state index >= 15 is 0 Å². The van der Waals surface area contributed by atoms with Gasteiger partial charge in [-0.15, -0.1) is 0 Å². The molecule has 2 atom stereocenters. The third-order valence-corrected chi connectivity index (χ3v) is 6.13. The summed E-state index contributed by atoms with van der Waals surface area (Å²) >= 11 is 0. The first-order valence-electron chi connectivity index (χ1n) is 10.3. The van der Waals surface area contributed by atoms with Crippen molar-refractivity contribution in [2.45, 2.75) is 25.8 Å². The van der Waals surface area contributed by atoms with Gasteiger partial charge in [-0.2, -0.15) is 0 Å². The molecule has 1 unspecified atom stereocenters. The number of carbonyl (C=O) groups is 2. The molecule has 0 spiro atoms. The predicted molar refractivity (Wildman–Crippen MR) is 116 cm³/mol. The highest BCUT2D eigenvalue weighted by atomic mass is 16.2. The molecular formula is C25H23N3O2. The van der Waals surface area contributed by atoms with Gasteiger partial charge in [0.15, 0.2) is 0 Å². The highest BCUT2D eigenvalue weighted by molar-refractivity contribution is 6.00. The molecule has 2 aliphatic rings. The van der Waals surface area contributed by atoms with Crippen LogP contribution in [-0.2, 0) is 16.0 Å². The molecule has 0 saturated carbocycles. The van der Waals surface area contributed by atoms with Crippen molar-refractivity contribution in [3.63, 3.8) is 0 Å². The SMILES string of the molecule is C[C@H](NC(=O)C1CC(=O)N(c2ccc3c(c2)Cc2ccccc2-3)C1)c1cccnc1.